The van der Waals surface area contributed by atoms with E-state index in [1.165, 1.54) is 6.08 Å². The van der Waals surface area contributed by atoms with Crippen molar-refractivity contribution in [1.82, 2.24) is 0 Å². The zero-order valence-corrected chi connectivity index (χ0v) is 13.6. The van der Waals surface area contributed by atoms with Gasteiger partial charge in [0, 0.05) is 0 Å². The lowest BCUT2D eigenvalue weighted by molar-refractivity contribution is -0.178. The first-order valence-corrected chi connectivity index (χ1v) is 7.20. The van der Waals surface area contributed by atoms with Crippen LogP contribution in [-0.2, 0) is 14.4 Å². The Kier molecular flexibility index (Phi) is 8.24. The number of aliphatic carboxylic acids is 3. The molecule has 0 saturated carbocycles. The highest BCUT2D eigenvalue weighted by Gasteiger charge is 2.49. The third-order valence-corrected chi connectivity index (χ3v) is 3.46. The predicted octanol–water partition coefficient (Wildman–Crippen LogP) is 2.06. The van der Waals surface area contributed by atoms with E-state index in [4.69, 9.17) is 10.2 Å². The Hall–Kier alpha value is -2.15. The molecule has 0 saturated heterocycles. The van der Waals surface area contributed by atoms with Crippen LogP contribution in [0.5, 0.6) is 0 Å². The average Bonchev–Trinajstić information content (AvgIpc) is 2.36. The minimum absolute atomic E-state index is 0.258. The SMILES string of the molecule is CC(C)=CCC/C(C)=C/CC(C(=O)O)C(O)(CC(=O)O)C(=O)O. The minimum Gasteiger partial charge on any atom is -0.481 e. The number of carbonyl (C=O) groups is 3. The Morgan fingerprint density at radius 2 is 1.61 bits per heavy atom. The lowest BCUT2D eigenvalue weighted by Crippen LogP contribution is -2.50. The van der Waals surface area contributed by atoms with Gasteiger partial charge in [0.15, 0.2) is 5.60 Å². The Balaban J connectivity index is 5.17. The second-order valence-corrected chi connectivity index (χ2v) is 5.80. The molecule has 23 heavy (non-hydrogen) atoms. The normalized spacial score (nSPS) is 15.4. The van der Waals surface area contributed by atoms with Crippen LogP contribution in [-0.4, -0.2) is 43.9 Å². The van der Waals surface area contributed by atoms with Gasteiger partial charge in [-0.15, -0.1) is 0 Å². The Bertz CT molecular complexity index is 515. The minimum atomic E-state index is -2.85. The monoisotopic (exact) mass is 328 g/mol. The molecule has 0 rings (SSSR count). The summed E-state index contributed by atoms with van der Waals surface area (Å²) in [5.41, 5.74) is -0.853. The lowest BCUT2D eigenvalue weighted by atomic mass is 9.81. The smallest absolute Gasteiger partial charge is 0.337 e. The number of hydrogen-bond donors (Lipinski definition) is 4. The molecule has 0 heterocycles. The third kappa shape index (κ3) is 7.10. The maximum Gasteiger partial charge on any atom is 0.337 e. The highest BCUT2D eigenvalue weighted by Crippen LogP contribution is 2.27. The fourth-order valence-electron chi connectivity index (χ4n) is 2.09. The second kappa shape index (κ2) is 9.09. The Morgan fingerprint density at radius 1 is 1.04 bits per heavy atom. The number of hydrogen-bond acceptors (Lipinski definition) is 4. The van der Waals surface area contributed by atoms with E-state index in [9.17, 15) is 24.6 Å². The summed E-state index contributed by atoms with van der Waals surface area (Å²) in [6, 6.07) is 0. The van der Waals surface area contributed by atoms with Crippen molar-refractivity contribution >= 4 is 17.9 Å². The molecule has 0 aromatic rings. The van der Waals surface area contributed by atoms with Crippen LogP contribution in [0.3, 0.4) is 0 Å². The maximum atomic E-state index is 11.3. The molecule has 0 aromatic heterocycles. The summed E-state index contributed by atoms with van der Waals surface area (Å²) in [6.45, 7) is 5.69. The van der Waals surface area contributed by atoms with Crippen LogP contribution >= 0.6 is 0 Å². The molecule has 0 bridgehead atoms. The van der Waals surface area contributed by atoms with Crippen LogP contribution in [0.4, 0.5) is 0 Å². The molecule has 7 heteroatoms. The van der Waals surface area contributed by atoms with Crippen molar-refractivity contribution in [2.75, 3.05) is 0 Å². The number of carboxylic acid groups (broad SMARTS) is 3. The van der Waals surface area contributed by atoms with Crippen molar-refractivity contribution in [2.45, 2.75) is 52.1 Å². The molecule has 0 aliphatic heterocycles. The average molecular weight is 328 g/mol. The predicted molar refractivity (Wildman–Crippen MR) is 83.0 cm³/mol. The van der Waals surface area contributed by atoms with E-state index in [0.717, 1.165) is 17.6 Å². The van der Waals surface area contributed by atoms with E-state index in [1.807, 2.05) is 19.9 Å². The number of allylic oxidation sites excluding steroid dienone is 4. The van der Waals surface area contributed by atoms with Gasteiger partial charge in [0.2, 0.25) is 0 Å². The first-order chi connectivity index (χ1) is 10.5. The number of rotatable bonds is 10. The molecule has 0 amide bonds. The second-order valence-electron chi connectivity index (χ2n) is 5.80. The number of aliphatic hydroxyl groups is 1. The zero-order valence-electron chi connectivity index (χ0n) is 13.6. The fourth-order valence-corrected chi connectivity index (χ4v) is 2.09. The first kappa shape index (κ1) is 20.9. The van der Waals surface area contributed by atoms with Gasteiger partial charge in [-0.05, 0) is 40.0 Å². The summed E-state index contributed by atoms with van der Waals surface area (Å²) in [5, 5.41) is 37.0. The lowest BCUT2D eigenvalue weighted by Gasteiger charge is -2.27. The summed E-state index contributed by atoms with van der Waals surface area (Å²) in [7, 11) is 0. The highest BCUT2D eigenvalue weighted by atomic mass is 16.4. The molecule has 130 valence electrons. The van der Waals surface area contributed by atoms with Gasteiger partial charge in [-0.3, -0.25) is 9.59 Å². The van der Waals surface area contributed by atoms with Crippen LogP contribution in [0.25, 0.3) is 0 Å². The van der Waals surface area contributed by atoms with Crippen LogP contribution in [0.1, 0.15) is 46.5 Å². The molecule has 7 nitrogen and oxygen atoms in total. The van der Waals surface area contributed by atoms with Gasteiger partial charge >= 0.3 is 17.9 Å². The van der Waals surface area contributed by atoms with E-state index >= 15 is 0 Å². The molecule has 0 aromatic carbocycles. The largest absolute Gasteiger partial charge is 0.481 e. The van der Waals surface area contributed by atoms with Gasteiger partial charge in [-0.25, -0.2) is 4.79 Å². The van der Waals surface area contributed by atoms with Crippen molar-refractivity contribution in [1.29, 1.82) is 0 Å². The standard InChI is InChI=1S/C16H24O7/c1-10(2)5-4-6-11(3)7-8-12(14(19)20)16(23,15(21)22)9-13(17)18/h5,7,12,23H,4,6,8-9H2,1-3H3,(H,17,18)(H,19,20)(H,21,22)/b11-7+. The van der Waals surface area contributed by atoms with Crippen LogP contribution in [0, 0.1) is 5.92 Å². The molecule has 0 fully saturated rings. The van der Waals surface area contributed by atoms with Crippen molar-refractivity contribution < 1.29 is 34.8 Å². The maximum absolute atomic E-state index is 11.3. The van der Waals surface area contributed by atoms with Gasteiger partial charge in [-0.2, -0.15) is 0 Å². The van der Waals surface area contributed by atoms with Gasteiger partial charge in [0.1, 0.15) is 5.92 Å². The van der Waals surface area contributed by atoms with E-state index in [0.29, 0.717) is 6.42 Å². The summed E-state index contributed by atoms with van der Waals surface area (Å²) >= 11 is 0. The van der Waals surface area contributed by atoms with E-state index in [1.54, 1.807) is 6.92 Å². The van der Waals surface area contributed by atoms with Crippen LogP contribution < -0.4 is 0 Å². The third-order valence-electron chi connectivity index (χ3n) is 3.46. The molecule has 2 atom stereocenters. The molecule has 0 spiro atoms. The first-order valence-electron chi connectivity index (χ1n) is 7.20. The summed E-state index contributed by atoms with van der Waals surface area (Å²) < 4.78 is 0. The van der Waals surface area contributed by atoms with Crippen molar-refractivity contribution in [2.24, 2.45) is 5.92 Å². The Morgan fingerprint density at radius 3 is 2.00 bits per heavy atom. The summed E-state index contributed by atoms with van der Waals surface area (Å²) in [4.78, 5) is 33.2. The van der Waals surface area contributed by atoms with Gasteiger partial charge < -0.3 is 20.4 Å². The Labute approximate surface area is 134 Å². The molecular weight excluding hydrogens is 304 g/mol. The van der Waals surface area contributed by atoms with E-state index in [-0.39, 0.29) is 6.42 Å². The van der Waals surface area contributed by atoms with Crippen molar-refractivity contribution in [3.63, 3.8) is 0 Å². The van der Waals surface area contributed by atoms with Crippen molar-refractivity contribution in [3.8, 4) is 0 Å². The molecule has 4 N–H and O–H groups in total. The van der Waals surface area contributed by atoms with Crippen molar-refractivity contribution in [3.05, 3.63) is 23.3 Å². The van der Waals surface area contributed by atoms with Gasteiger partial charge in [0.25, 0.3) is 0 Å². The van der Waals surface area contributed by atoms with Gasteiger partial charge in [-0.1, -0.05) is 23.3 Å². The topological polar surface area (TPSA) is 132 Å². The summed E-state index contributed by atoms with van der Waals surface area (Å²) in [6.07, 6.45) is 3.55. The molecule has 0 aliphatic carbocycles. The van der Waals surface area contributed by atoms with E-state index < -0.39 is 35.8 Å². The molecule has 0 radical (unpaired) electrons. The number of carboxylic acids is 3. The quantitative estimate of drug-likeness (QED) is 0.451. The zero-order chi connectivity index (χ0) is 18.2. The van der Waals surface area contributed by atoms with Crippen LogP contribution in [0.15, 0.2) is 23.3 Å². The highest BCUT2D eigenvalue weighted by molar-refractivity contribution is 5.89. The summed E-state index contributed by atoms with van der Waals surface area (Å²) in [5.74, 6) is -6.73. The molecule has 2 unspecified atom stereocenters. The molecule has 0 aliphatic rings. The fraction of sp³-hybridized carbons (Fsp3) is 0.562. The molecular formula is C16H24O7. The van der Waals surface area contributed by atoms with E-state index in [2.05, 4.69) is 0 Å². The van der Waals surface area contributed by atoms with Gasteiger partial charge in [0.05, 0.1) is 6.42 Å². The van der Waals surface area contributed by atoms with Crippen LogP contribution in [0.2, 0.25) is 0 Å².